The molecule has 0 aromatic heterocycles. The van der Waals surface area contributed by atoms with Gasteiger partial charge in [0.25, 0.3) is 0 Å². The Morgan fingerprint density at radius 2 is 1.86 bits per heavy atom. The normalized spacial score (nSPS) is 16.9. The molecule has 2 amide bonds. The van der Waals surface area contributed by atoms with E-state index in [4.69, 9.17) is 0 Å². The Balaban J connectivity index is 1.70. The number of amides is 2. The minimum Gasteiger partial charge on any atom is -0.375 e. The van der Waals surface area contributed by atoms with Crippen molar-refractivity contribution in [2.24, 2.45) is 5.92 Å². The number of carbonyl (C=O) groups is 2. The zero-order valence-corrected chi connectivity index (χ0v) is 16.2. The Labute approximate surface area is 168 Å². The number of nitrogens with zero attached hydrogens (tertiary/aromatic N) is 1. The molecule has 0 saturated carbocycles. The average molecular weight is 456 g/mol. The van der Waals surface area contributed by atoms with Gasteiger partial charge in [0.05, 0.1) is 11.4 Å². The summed E-state index contributed by atoms with van der Waals surface area (Å²) in [4.78, 5) is 26.8. The van der Waals surface area contributed by atoms with Crippen LogP contribution in [-0.2, 0) is 9.59 Å². The maximum Gasteiger partial charge on any atom is 0.405 e. The van der Waals surface area contributed by atoms with Crippen LogP contribution >= 0.6 is 15.9 Å². The molecule has 0 radical (unpaired) electrons. The van der Waals surface area contributed by atoms with Crippen molar-refractivity contribution in [2.75, 3.05) is 28.6 Å². The van der Waals surface area contributed by atoms with E-state index in [-0.39, 0.29) is 17.3 Å². The van der Waals surface area contributed by atoms with E-state index in [1.165, 1.54) is 17.0 Å². The first kappa shape index (κ1) is 20.2. The third kappa shape index (κ3) is 4.83. The molecule has 0 bridgehead atoms. The second kappa shape index (κ2) is 8.22. The molecule has 2 aromatic carbocycles. The first-order valence-electron chi connectivity index (χ1n) is 8.52. The summed E-state index contributed by atoms with van der Waals surface area (Å²) < 4.78 is 38.2. The van der Waals surface area contributed by atoms with Crippen LogP contribution in [0, 0.1) is 5.92 Å². The summed E-state index contributed by atoms with van der Waals surface area (Å²) in [7, 11) is 0. The number of para-hydroxylation sites is 2. The third-order valence-electron chi connectivity index (χ3n) is 4.31. The smallest absolute Gasteiger partial charge is 0.375 e. The van der Waals surface area contributed by atoms with E-state index in [2.05, 4.69) is 26.6 Å². The molecule has 2 aromatic rings. The molecule has 148 valence electrons. The summed E-state index contributed by atoms with van der Waals surface area (Å²) in [5.74, 6) is -1.77. The van der Waals surface area contributed by atoms with Crippen LogP contribution in [0.25, 0.3) is 0 Å². The van der Waals surface area contributed by atoms with Crippen LogP contribution < -0.4 is 15.5 Å². The molecule has 1 saturated heterocycles. The van der Waals surface area contributed by atoms with E-state index in [0.29, 0.717) is 18.7 Å². The van der Waals surface area contributed by atoms with Crippen LogP contribution in [0.15, 0.2) is 53.0 Å². The number of nitrogens with one attached hydrogen (secondary N) is 2. The molecule has 1 heterocycles. The van der Waals surface area contributed by atoms with E-state index < -0.39 is 24.5 Å². The van der Waals surface area contributed by atoms with Crippen LogP contribution in [0.3, 0.4) is 0 Å². The largest absolute Gasteiger partial charge is 0.405 e. The summed E-state index contributed by atoms with van der Waals surface area (Å²) >= 11 is 3.35. The summed E-state index contributed by atoms with van der Waals surface area (Å²) in [5, 5.41) is 4.84. The molecular formula is C19H17BrF3N3O2. The van der Waals surface area contributed by atoms with Gasteiger partial charge in [0.2, 0.25) is 11.8 Å². The molecule has 1 unspecified atom stereocenters. The van der Waals surface area contributed by atoms with Gasteiger partial charge in [-0.05, 0) is 36.8 Å². The standard InChI is InChI=1S/C19H17BrF3N3O2/c20-12-4-3-5-13(10-12)26-9-8-14(18(26)28)17(27)25-16-7-2-1-6-15(16)24-11-19(21,22)23/h1-7,10,14,24H,8-9,11H2,(H,25,27). The molecule has 2 N–H and O–H groups in total. The molecular weight excluding hydrogens is 439 g/mol. The molecule has 1 aliphatic rings. The van der Waals surface area contributed by atoms with E-state index in [9.17, 15) is 22.8 Å². The van der Waals surface area contributed by atoms with Crippen molar-refractivity contribution < 1.29 is 22.8 Å². The van der Waals surface area contributed by atoms with E-state index >= 15 is 0 Å². The Bertz CT molecular complexity index is 889. The fraction of sp³-hybridized carbons (Fsp3) is 0.263. The van der Waals surface area contributed by atoms with Gasteiger partial charge in [-0.3, -0.25) is 9.59 Å². The first-order valence-corrected chi connectivity index (χ1v) is 9.31. The highest BCUT2D eigenvalue weighted by molar-refractivity contribution is 9.10. The van der Waals surface area contributed by atoms with Gasteiger partial charge in [-0.15, -0.1) is 0 Å². The van der Waals surface area contributed by atoms with Crippen molar-refractivity contribution in [1.29, 1.82) is 0 Å². The quantitative estimate of drug-likeness (QED) is 0.656. The van der Waals surface area contributed by atoms with Gasteiger partial charge in [0.1, 0.15) is 12.5 Å². The third-order valence-corrected chi connectivity index (χ3v) is 4.80. The lowest BCUT2D eigenvalue weighted by Gasteiger charge is -2.18. The number of halogens is 4. The molecule has 0 aliphatic carbocycles. The van der Waals surface area contributed by atoms with Crippen molar-refractivity contribution in [3.8, 4) is 0 Å². The second-order valence-corrected chi connectivity index (χ2v) is 7.23. The fourth-order valence-corrected chi connectivity index (χ4v) is 3.37. The van der Waals surface area contributed by atoms with Gasteiger partial charge in [-0.2, -0.15) is 13.2 Å². The number of anilines is 3. The van der Waals surface area contributed by atoms with Crippen molar-refractivity contribution in [1.82, 2.24) is 0 Å². The number of benzene rings is 2. The molecule has 28 heavy (non-hydrogen) atoms. The van der Waals surface area contributed by atoms with Crippen LogP contribution in [0.4, 0.5) is 30.2 Å². The first-order chi connectivity index (χ1) is 13.2. The number of carbonyl (C=O) groups excluding carboxylic acids is 2. The highest BCUT2D eigenvalue weighted by Gasteiger charge is 2.38. The van der Waals surface area contributed by atoms with Crippen molar-refractivity contribution >= 4 is 44.8 Å². The predicted molar refractivity (Wildman–Crippen MR) is 104 cm³/mol. The molecule has 9 heteroatoms. The van der Waals surface area contributed by atoms with E-state index in [0.717, 1.165) is 4.47 Å². The van der Waals surface area contributed by atoms with Gasteiger partial charge < -0.3 is 15.5 Å². The molecule has 1 atom stereocenters. The topological polar surface area (TPSA) is 61.4 Å². The van der Waals surface area contributed by atoms with E-state index in [1.54, 1.807) is 30.3 Å². The molecule has 0 spiro atoms. The summed E-state index contributed by atoms with van der Waals surface area (Å²) in [6.07, 6.45) is -4.06. The number of hydrogen-bond donors (Lipinski definition) is 2. The number of rotatable bonds is 5. The highest BCUT2D eigenvalue weighted by atomic mass is 79.9. The van der Waals surface area contributed by atoms with Crippen molar-refractivity contribution in [3.05, 3.63) is 53.0 Å². The van der Waals surface area contributed by atoms with Crippen LogP contribution in [0.1, 0.15) is 6.42 Å². The zero-order chi connectivity index (χ0) is 20.3. The van der Waals surface area contributed by atoms with Crippen molar-refractivity contribution in [3.63, 3.8) is 0 Å². The van der Waals surface area contributed by atoms with Crippen molar-refractivity contribution in [2.45, 2.75) is 12.6 Å². The van der Waals surface area contributed by atoms with Crippen LogP contribution in [-0.4, -0.2) is 31.1 Å². The monoisotopic (exact) mass is 455 g/mol. The van der Waals surface area contributed by atoms with Gasteiger partial charge in [-0.25, -0.2) is 0 Å². The lowest BCUT2D eigenvalue weighted by Crippen LogP contribution is -2.33. The Morgan fingerprint density at radius 1 is 1.14 bits per heavy atom. The van der Waals surface area contributed by atoms with Crippen LogP contribution in [0.2, 0.25) is 0 Å². The fourth-order valence-electron chi connectivity index (χ4n) is 2.99. The lowest BCUT2D eigenvalue weighted by molar-refractivity contribution is -0.129. The van der Waals surface area contributed by atoms with Gasteiger partial charge in [0, 0.05) is 16.7 Å². The maximum atomic E-state index is 12.7. The Kier molecular flexibility index (Phi) is 5.93. The minimum absolute atomic E-state index is 0.141. The zero-order valence-electron chi connectivity index (χ0n) is 14.6. The number of hydrogen-bond acceptors (Lipinski definition) is 3. The summed E-state index contributed by atoms with van der Waals surface area (Å²) in [5.41, 5.74) is 1.02. The van der Waals surface area contributed by atoms with Gasteiger partial charge in [0.15, 0.2) is 0 Å². The summed E-state index contributed by atoms with van der Waals surface area (Å²) in [6.45, 7) is -0.833. The minimum atomic E-state index is -4.39. The maximum absolute atomic E-state index is 12.7. The van der Waals surface area contributed by atoms with Crippen LogP contribution in [0.5, 0.6) is 0 Å². The lowest BCUT2D eigenvalue weighted by atomic mass is 10.1. The predicted octanol–water partition coefficient (Wildman–Crippen LogP) is 4.41. The second-order valence-electron chi connectivity index (χ2n) is 6.31. The molecule has 1 aliphatic heterocycles. The van der Waals surface area contributed by atoms with E-state index in [1.807, 2.05) is 6.07 Å². The number of alkyl halides is 3. The summed E-state index contributed by atoms with van der Waals surface area (Å²) in [6, 6.07) is 13.3. The van der Waals surface area contributed by atoms with Gasteiger partial charge in [-0.1, -0.05) is 34.1 Å². The molecule has 3 rings (SSSR count). The average Bonchev–Trinajstić information content (AvgIpc) is 3.02. The Morgan fingerprint density at radius 3 is 2.54 bits per heavy atom. The SMILES string of the molecule is O=C(Nc1ccccc1NCC(F)(F)F)C1CCN(c2cccc(Br)c2)C1=O. The van der Waals surface area contributed by atoms with Gasteiger partial charge >= 0.3 is 6.18 Å². The highest BCUT2D eigenvalue weighted by Crippen LogP contribution is 2.29. The Hall–Kier alpha value is -2.55. The molecule has 1 fully saturated rings. The molecule has 5 nitrogen and oxygen atoms in total.